The van der Waals surface area contributed by atoms with E-state index in [4.69, 9.17) is 9.72 Å². The lowest BCUT2D eigenvalue weighted by atomic mass is 10.3. The van der Waals surface area contributed by atoms with Gasteiger partial charge in [0.25, 0.3) is 0 Å². The Morgan fingerprint density at radius 2 is 1.96 bits per heavy atom. The zero-order valence-corrected chi connectivity index (χ0v) is 14.1. The topological polar surface area (TPSA) is 42.3 Å². The number of para-hydroxylation sites is 2. The molecule has 0 bridgehead atoms. The summed E-state index contributed by atoms with van der Waals surface area (Å²) >= 11 is 0. The fourth-order valence-corrected chi connectivity index (χ4v) is 3.08. The van der Waals surface area contributed by atoms with Gasteiger partial charge in [0, 0.05) is 26.2 Å². The molecule has 0 unspecified atom stereocenters. The third kappa shape index (κ3) is 4.24. The maximum Gasteiger partial charge on any atom is 0.203 e. The molecule has 5 nitrogen and oxygen atoms in total. The summed E-state index contributed by atoms with van der Waals surface area (Å²) in [5, 5.41) is 3.55. The fraction of sp³-hybridized carbons (Fsp3) is 0.611. The van der Waals surface area contributed by atoms with Crippen LogP contribution >= 0.6 is 0 Å². The Morgan fingerprint density at radius 3 is 2.78 bits per heavy atom. The number of rotatable bonds is 8. The van der Waals surface area contributed by atoms with Crippen molar-refractivity contribution < 1.29 is 4.74 Å². The van der Waals surface area contributed by atoms with Crippen LogP contribution in [0.3, 0.4) is 0 Å². The van der Waals surface area contributed by atoms with E-state index in [9.17, 15) is 0 Å². The highest BCUT2D eigenvalue weighted by molar-refractivity contribution is 5.78. The molecule has 1 N–H and O–H groups in total. The number of imidazole rings is 1. The Kier molecular flexibility index (Phi) is 5.88. The number of hydrogen-bond acceptors (Lipinski definition) is 4. The third-order valence-electron chi connectivity index (χ3n) is 4.43. The van der Waals surface area contributed by atoms with Gasteiger partial charge in [0.1, 0.15) is 0 Å². The molecule has 1 aromatic heterocycles. The Labute approximate surface area is 138 Å². The third-order valence-corrected chi connectivity index (χ3v) is 4.43. The van der Waals surface area contributed by atoms with Crippen molar-refractivity contribution in [1.29, 1.82) is 0 Å². The summed E-state index contributed by atoms with van der Waals surface area (Å²) in [7, 11) is 0. The van der Waals surface area contributed by atoms with Crippen molar-refractivity contribution in [2.45, 2.75) is 32.7 Å². The van der Waals surface area contributed by atoms with E-state index in [-0.39, 0.29) is 0 Å². The van der Waals surface area contributed by atoms with Gasteiger partial charge in [0.2, 0.25) is 5.95 Å². The summed E-state index contributed by atoms with van der Waals surface area (Å²) in [6.45, 7) is 9.24. The zero-order chi connectivity index (χ0) is 15.9. The summed E-state index contributed by atoms with van der Waals surface area (Å²) < 4.78 is 7.72. The molecule has 3 rings (SSSR count). The van der Waals surface area contributed by atoms with Crippen molar-refractivity contribution in [3.05, 3.63) is 24.3 Å². The summed E-state index contributed by atoms with van der Waals surface area (Å²) in [6.07, 6.45) is 3.52. The Hall–Kier alpha value is -1.59. The predicted molar refractivity (Wildman–Crippen MR) is 95.0 cm³/mol. The highest BCUT2D eigenvalue weighted by atomic mass is 16.5. The molecule has 0 spiro atoms. The number of fused-ring (bicyclic) bond motifs is 1. The Bertz CT molecular complexity index is 604. The molecule has 1 saturated heterocycles. The minimum Gasteiger partial charge on any atom is -0.379 e. The molecule has 1 aliphatic rings. The van der Waals surface area contributed by atoms with Crippen molar-refractivity contribution in [2.24, 2.45) is 0 Å². The highest BCUT2D eigenvalue weighted by Crippen LogP contribution is 2.20. The molecule has 0 atom stereocenters. The van der Waals surface area contributed by atoms with Gasteiger partial charge < -0.3 is 14.6 Å². The lowest BCUT2D eigenvalue weighted by Gasteiger charge is -2.26. The van der Waals surface area contributed by atoms with E-state index in [2.05, 4.69) is 46.0 Å². The molecule has 0 amide bonds. The van der Waals surface area contributed by atoms with Crippen LogP contribution < -0.4 is 5.32 Å². The predicted octanol–water partition coefficient (Wildman–Crippen LogP) is 2.97. The van der Waals surface area contributed by atoms with Gasteiger partial charge in [0.15, 0.2) is 0 Å². The van der Waals surface area contributed by atoms with Gasteiger partial charge in [-0.15, -0.1) is 0 Å². The van der Waals surface area contributed by atoms with Crippen LogP contribution in [0.4, 0.5) is 5.95 Å². The standard InChI is InChI=1S/C18H28N4O/c1-2-3-11-22-17-8-5-4-7-16(17)20-18(22)19-9-6-10-21-12-14-23-15-13-21/h4-5,7-8H,2-3,6,9-15H2,1H3,(H,19,20). The summed E-state index contributed by atoms with van der Waals surface area (Å²) in [5.41, 5.74) is 2.32. The van der Waals surface area contributed by atoms with Crippen LogP contribution in [0.25, 0.3) is 11.0 Å². The van der Waals surface area contributed by atoms with E-state index in [0.29, 0.717) is 0 Å². The van der Waals surface area contributed by atoms with Gasteiger partial charge in [-0.3, -0.25) is 4.90 Å². The summed E-state index contributed by atoms with van der Waals surface area (Å²) in [5.74, 6) is 1.02. The molecule has 2 heterocycles. The summed E-state index contributed by atoms with van der Waals surface area (Å²) in [4.78, 5) is 7.25. The van der Waals surface area contributed by atoms with Gasteiger partial charge in [-0.1, -0.05) is 25.5 Å². The number of unbranched alkanes of at least 4 members (excludes halogenated alkanes) is 1. The first kappa shape index (κ1) is 16.3. The average molecular weight is 316 g/mol. The van der Waals surface area contributed by atoms with Crippen molar-refractivity contribution in [3.63, 3.8) is 0 Å². The van der Waals surface area contributed by atoms with E-state index in [1.54, 1.807) is 0 Å². The maximum absolute atomic E-state index is 5.39. The van der Waals surface area contributed by atoms with E-state index in [0.717, 1.165) is 63.8 Å². The first-order valence-electron chi connectivity index (χ1n) is 8.87. The van der Waals surface area contributed by atoms with Gasteiger partial charge in [-0.05, 0) is 31.5 Å². The van der Waals surface area contributed by atoms with Gasteiger partial charge in [0.05, 0.1) is 24.2 Å². The molecule has 0 radical (unpaired) electrons. The molecular formula is C18H28N4O. The maximum atomic E-state index is 5.39. The first-order valence-corrected chi connectivity index (χ1v) is 8.87. The van der Waals surface area contributed by atoms with Crippen molar-refractivity contribution in [1.82, 2.24) is 14.5 Å². The molecule has 0 saturated carbocycles. The van der Waals surface area contributed by atoms with Gasteiger partial charge in [-0.2, -0.15) is 0 Å². The molecule has 23 heavy (non-hydrogen) atoms. The molecule has 1 aliphatic heterocycles. The smallest absolute Gasteiger partial charge is 0.203 e. The van der Waals surface area contributed by atoms with Gasteiger partial charge in [-0.25, -0.2) is 4.98 Å². The van der Waals surface area contributed by atoms with E-state index >= 15 is 0 Å². The molecule has 5 heteroatoms. The van der Waals surface area contributed by atoms with Crippen molar-refractivity contribution in [3.8, 4) is 0 Å². The average Bonchev–Trinajstić information content (AvgIpc) is 2.95. The first-order chi connectivity index (χ1) is 11.4. The second kappa shape index (κ2) is 8.31. The number of nitrogens with one attached hydrogen (secondary N) is 1. The van der Waals surface area contributed by atoms with Crippen LogP contribution in [0.5, 0.6) is 0 Å². The lowest BCUT2D eigenvalue weighted by Crippen LogP contribution is -2.37. The number of hydrogen-bond donors (Lipinski definition) is 1. The molecular weight excluding hydrogens is 288 g/mol. The molecule has 1 aromatic carbocycles. The van der Waals surface area contributed by atoms with E-state index in [1.807, 2.05) is 0 Å². The van der Waals surface area contributed by atoms with Gasteiger partial charge >= 0.3 is 0 Å². The number of aromatic nitrogens is 2. The van der Waals surface area contributed by atoms with E-state index < -0.39 is 0 Å². The molecule has 126 valence electrons. The van der Waals surface area contributed by atoms with Crippen LogP contribution in [0, 0.1) is 0 Å². The van der Waals surface area contributed by atoms with Crippen molar-refractivity contribution in [2.75, 3.05) is 44.7 Å². The van der Waals surface area contributed by atoms with Crippen LogP contribution in [-0.2, 0) is 11.3 Å². The van der Waals surface area contributed by atoms with E-state index in [1.165, 1.54) is 18.4 Å². The zero-order valence-electron chi connectivity index (χ0n) is 14.1. The quantitative estimate of drug-likeness (QED) is 0.760. The molecule has 2 aromatic rings. The molecule has 0 aliphatic carbocycles. The normalized spacial score (nSPS) is 16.0. The van der Waals surface area contributed by atoms with Crippen LogP contribution in [0.15, 0.2) is 24.3 Å². The number of ether oxygens (including phenoxy) is 1. The Morgan fingerprint density at radius 1 is 1.13 bits per heavy atom. The number of nitrogens with zero attached hydrogens (tertiary/aromatic N) is 3. The number of aryl methyl sites for hydroxylation is 1. The number of anilines is 1. The lowest BCUT2D eigenvalue weighted by molar-refractivity contribution is 0.0378. The van der Waals surface area contributed by atoms with Crippen LogP contribution in [0.2, 0.25) is 0 Å². The minimum atomic E-state index is 0.875. The second-order valence-corrected chi connectivity index (χ2v) is 6.16. The Balaban J connectivity index is 1.57. The van der Waals surface area contributed by atoms with Crippen LogP contribution in [0.1, 0.15) is 26.2 Å². The SMILES string of the molecule is CCCCn1c(NCCCN2CCOCC2)nc2ccccc21. The second-order valence-electron chi connectivity index (χ2n) is 6.16. The van der Waals surface area contributed by atoms with Crippen molar-refractivity contribution >= 4 is 17.0 Å². The van der Waals surface area contributed by atoms with Crippen LogP contribution in [-0.4, -0.2) is 53.8 Å². The monoisotopic (exact) mass is 316 g/mol. The molecule has 1 fully saturated rings. The number of benzene rings is 1. The summed E-state index contributed by atoms with van der Waals surface area (Å²) in [6, 6.07) is 8.41. The minimum absolute atomic E-state index is 0.875. The largest absolute Gasteiger partial charge is 0.379 e. The number of morpholine rings is 1. The fourth-order valence-electron chi connectivity index (χ4n) is 3.08. The highest BCUT2D eigenvalue weighted by Gasteiger charge is 2.11.